The fourth-order valence-corrected chi connectivity index (χ4v) is 5.11. The number of nitrogens with zero attached hydrogens (tertiary/aromatic N) is 1. The van der Waals surface area contributed by atoms with Crippen molar-refractivity contribution < 1.29 is 33.7 Å². The van der Waals surface area contributed by atoms with Gasteiger partial charge >= 0.3 is 0 Å². The van der Waals surface area contributed by atoms with Gasteiger partial charge in [0, 0.05) is 22.2 Å². The van der Waals surface area contributed by atoms with E-state index in [1.54, 1.807) is 43.3 Å². The summed E-state index contributed by atoms with van der Waals surface area (Å²) in [6, 6.07) is 15.6. The number of Topliss-reactive ketones (excluding diaryl/α,β-unsaturated/α-hetero) is 1. The Hall–Kier alpha value is -4.43. The quantitative estimate of drug-likeness (QED) is 0.221. The minimum atomic E-state index is -1.04. The summed E-state index contributed by atoms with van der Waals surface area (Å²) in [4.78, 5) is 28.9. The van der Waals surface area contributed by atoms with E-state index in [9.17, 15) is 19.8 Å². The van der Waals surface area contributed by atoms with Gasteiger partial charge in [-0.2, -0.15) is 0 Å². The Balaban J connectivity index is 1.67. The second-order valence-corrected chi connectivity index (χ2v) is 10.1. The van der Waals surface area contributed by atoms with Gasteiger partial charge in [0.05, 0.1) is 25.3 Å². The molecule has 1 atom stereocenters. The molecular formula is C31H28ClNO7. The third-order valence-corrected chi connectivity index (χ3v) is 7.10. The molecule has 4 aromatic rings. The Morgan fingerprint density at radius 2 is 1.77 bits per heavy atom. The van der Waals surface area contributed by atoms with E-state index >= 15 is 0 Å². The number of aliphatic hydroxyl groups excluding tert-OH is 1. The maximum Gasteiger partial charge on any atom is 0.294 e. The summed E-state index contributed by atoms with van der Waals surface area (Å²) in [6.07, 6.45) is 0. The van der Waals surface area contributed by atoms with E-state index in [0.717, 1.165) is 5.56 Å². The van der Waals surface area contributed by atoms with Gasteiger partial charge in [0.2, 0.25) is 5.78 Å². The summed E-state index contributed by atoms with van der Waals surface area (Å²) >= 11 is 6.20. The van der Waals surface area contributed by atoms with Crippen LogP contribution in [0.2, 0.25) is 5.02 Å². The van der Waals surface area contributed by atoms with Crippen LogP contribution in [0, 0.1) is 0 Å². The molecular weight excluding hydrogens is 534 g/mol. The molecule has 40 heavy (non-hydrogen) atoms. The van der Waals surface area contributed by atoms with Gasteiger partial charge in [0.1, 0.15) is 0 Å². The highest BCUT2D eigenvalue weighted by Crippen LogP contribution is 2.45. The number of aromatic hydroxyl groups is 1. The minimum Gasteiger partial charge on any atom is -0.504 e. The summed E-state index contributed by atoms with van der Waals surface area (Å²) in [6.45, 7) is 6.18. The monoisotopic (exact) mass is 561 g/mol. The molecule has 2 heterocycles. The molecule has 1 unspecified atom stereocenters. The van der Waals surface area contributed by atoms with Crippen LogP contribution in [-0.4, -0.2) is 35.6 Å². The lowest BCUT2D eigenvalue weighted by molar-refractivity contribution is -0.117. The molecule has 5 rings (SSSR count). The number of furan rings is 1. The molecule has 1 aromatic heterocycles. The average molecular weight is 562 g/mol. The van der Waals surface area contributed by atoms with E-state index in [0.29, 0.717) is 33.0 Å². The van der Waals surface area contributed by atoms with Crippen LogP contribution in [-0.2, 0) is 4.79 Å². The number of phenols is 1. The first-order chi connectivity index (χ1) is 19.1. The van der Waals surface area contributed by atoms with Crippen molar-refractivity contribution in [2.24, 2.45) is 0 Å². The lowest BCUT2D eigenvalue weighted by atomic mass is 9.94. The van der Waals surface area contributed by atoms with E-state index < -0.39 is 23.5 Å². The first kappa shape index (κ1) is 27.1. The Bertz CT molecular complexity index is 1650. The summed E-state index contributed by atoms with van der Waals surface area (Å²) in [7, 11) is 1.46. The summed E-state index contributed by atoms with van der Waals surface area (Å²) in [5, 5.41) is 22.4. The molecule has 3 aromatic carbocycles. The second-order valence-electron chi connectivity index (χ2n) is 9.71. The molecule has 0 saturated heterocycles. The van der Waals surface area contributed by atoms with Crippen LogP contribution in [0.1, 0.15) is 54.4 Å². The van der Waals surface area contributed by atoms with Crippen LogP contribution < -0.4 is 14.4 Å². The van der Waals surface area contributed by atoms with Crippen LogP contribution in [0.15, 0.2) is 76.4 Å². The fraction of sp³-hybridized carbons (Fsp3) is 0.226. The summed E-state index contributed by atoms with van der Waals surface area (Å²) < 4.78 is 16.8. The van der Waals surface area contributed by atoms with Gasteiger partial charge in [-0.05, 0) is 60.4 Å². The summed E-state index contributed by atoms with van der Waals surface area (Å²) in [5.41, 5.74) is 2.14. The van der Waals surface area contributed by atoms with Crippen LogP contribution in [0.25, 0.3) is 11.0 Å². The summed E-state index contributed by atoms with van der Waals surface area (Å²) in [5.74, 6) is -1.52. The van der Waals surface area contributed by atoms with Crippen molar-refractivity contribution in [2.45, 2.75) is 32.7 Å². The SMILES string of the molecule is CCOc1cc(C2C(C(=O)c3cc4cc(Cl)cc(OC)c4o3)=C(O)C(=O)N2c2ccc(C(C)C)cc2)ccc1O. The standard InChI is InChI=1S/C31H28ClNO7/c1-5-39-23-13-18(8-11-22(23)34)27-26(28(35)24-14-19-12-20(32)15-25(38-4)30(19)40-24)29(36)31(37)33(27)21-9-6-17(7-10-21)16(2)3/h6-16,27,34,36H,5H2,1-4H3. The molecule has 8 nitrogen and oxygen atoms in total. The molecule has 0 fully saturated rings. The fourth-order valence-electron chi connectivity index (χ4n) is 4.89. The topological polar surface area (TPSA) is 109 Å². The number of amides is 1. The Morgan fingerprint density at radius 3 is 2.42 bits per heavy atom. The van der Waals surface area contributed by atoms with Gasteiger partial charge in [-0.15, -0.1) is 0 Å². The first-order valence-corrected chi connectivity index (χ1v) is 13.2. The molecule has 0 bridgehead atoms. The number of methoxy groups -OCH3 is 1. The largest absolute Gasteiger partial charge is 0.504 e. The lowest BCUT2D eigenvalue weighted by Gasteiger charge is -2.27. The highest BCUT2D eigenvalue weighted by atomic mass is 35.5. The molecule has 0 radical (unpaired) electrons. The Morgan fingerprint density at radius 1 is 1.05 bits per heavy atom. The van der Waals surface area contributed by atoms with E-state index in [4.69, 9.17) is 25.5 Å². The third-order valence-electron chi connectivity index (χ3n) is 6.88. The van der Waals surface area contributed by atoms with Crippen LogP contribution in [0.4, 0.5) is 5.69 Å². The smallest absolute Gasteiger partial charge is 0.294 e. The van der Waals surface area contributed by atoms with E-state index in [1.165, 1.54) is 24.1 Å². The van der Waals surface area contributed by atoms with Gasteiger partial charge in [-0.25, -0.2) is 0 Å². The lowest BCUT2D eigenvalue weighted by Crippen LogP contribution is -2.31. The number of ketones is 1. The molecule has 0 saturated carbocycles. The predicted molar refractivity (Wildman–Crippen MR) is 152 cm³/mol. The van der Waals surface area contributed by atoms with Gasteiger partial charge < -0.3 is 24.1 Å². The molecule has 0 aliphatic carbocycles. The van der Waals surface area contributed by atoms with Crippen molar-refractivity contribution in [1.29, 1.82) is 0 Å². The van der Waals surface area contributed by atoms with Crippen molar-refractivity contribution in [3.05, 3.63) is 93.9 Å². The number of carbonyl (C=O) groups excluding carboxylic acids is 2. The minimum absolute atomic E-state index is 0.0925. The highest BCUT2D eigenvalue weighted by Gasteiger charge is 2.45. The van der Waals surface area contributed by atoms with Crippen molar-refractivity contribution in [1.82, 2.24) is 0 Å². The number of rotatable bonds is 8. The average Bonchev–Trinajstić information content (AvgIpc) is 3.48. The van der Waals surface area contributed by atoms with Crippen molar-refractivity contribution >= 4 is 39.9 Å². The normalized spacial score (nSPS) is 15.4. The Labute approximate surface area is 236 Å². The van der Waals surface area contributed by atoms with E-state index in [1.807, 2.05) is 12.1 Å². The molecule has 1 aliphatic rings. The number of fused-ring (bicyclic) bond motifs is 1. The number of carbonyl (C=O) groups is 2. The molecule has 1 amide bonds. The number of phenolic OH excluding ortho intramolecular Hbond substituents is 1. The van der Waals surface area contributed by atoms with Crippen molar-refractivity contribution in [2.75, 3.05) is 18.6 Å². The van der Waals surface area contributed by atoms with Crippen molar-refractivity contribution in [3.8, 4) is 17.2 Å². The molecule has 2 N–H and O–H groups in total. The number of anilines is 1. The number of aliphatic hydroxyl groups is 1. The number of benzene rings is 3. The third kappa shape index (κ3) is 4.64. The molecule has 0 spiro atoms. The number of ether oxygens (including phenoxy) is 2. The maximum absolute atomic E-state index is 14.0. The van der Waals surface area contributed by atoms with Gasteiger partial charge in [-0.1, -0.05) is 43.6 Å². The van der Waals surface area contributed by atoms with E-state index in [-0.39, 0.29) is 35.4 Å². The number of hydrogen-bond acceptors (Lipinski definition) is 7. The van der Waals surface area contributed by atoms with Crippen LogP contribution >= 0.6 is 11.6 Å². The van der Waals surface area contributed by atoms with Gasteiger partial charge in [0.25, 0.3) is 5.91 Å². The first-order valence-electron chi connectivity index (χ1n) is 12.8. The Kier molecular flexibility index (Phi) is 7.21. The van der Waals surface area contributed by atoms with Crippen LogP contribution in [0.3, 0.4) is 0 Å². The molecule has 9 heteroatoms. The predicted octanol–water partition coefficient (Wildman–Crippen LogP) is 7.11. The number of hydrogen-bond donors (Lipinski definition) is 2. The van der Waals surface area contributed by atoms with Crippen LogP contribution in [0.5, 0.6) is 17.2 Å². The van der Waals surface area contributed by atoms with Crippen molar-refractivity contribution in [3.63, 3.8) is 0 Å². The second kappa shape index (κ2) is 10.6. The van der Waals surface area contributed by atoms with E-state index in [2.05, 4.69) is 13.8 Å². The molecule has 1 aliphatic heterocycles. The van der Waals surface area contributed by atoms with Gasteiger partial charge in [0.15, 0.2) is 34.4 Å². The zero-order valence-electron chi connectivity index (χ0n) is 22.4. The number of halogens is 1. The zero-order chi connectivity index (χ0) is 28.7. The maximum atomic E-state index is 14.0. The zero-order valence-corrected chi connectivity index (χ0v) is 23.2. The van der Waals surface area contributed by atoms with Gasteiger partial charge in [-0.3, -0.25) is 14.5 Å². The molecule has 206 valence electrons. The highest BCUT2D eigenvalue weighted by molar-refractivity contribution is 6.31.